The molecule has 0 radical (unpaired) electrons. The summed E-state index contributed by atoms with van der Waals surface area (Å²) in [6.07, 6.45) is 4.67. The molecule has 5 heteroatoms. The van der Waals surface area contributed by atoms with Gasteiger partial charge < -0.3 is 0 Å². The van der Waals surface area contributed by atoms with Crippen LogP contribution >= 0.6 is 11.8 Å². The van der Waals surface area contributed by atoms with Gasteiger partial charge in [0.15, 0.2) is 0 Å². The standard InChI is InChI=1S/C11H18N4S/c1-4-13-11(2,9-12)5-6-16-10-7-14-15(3)8-10/h7-8,13H,4-6H2,1-3H3. The molecule has 0 aromatic carbocycles. The van der Waals surface area contributed by atoms with E-state index in [2.05, 4.69) is 16.5 Å². The largest absolute Gasteiger partial charge is 0.300 e. The summed E-state index contributed by atoms with van der Waals surface area (Å²) in [5.74, 6) is 0.919. The average Bonchev–Trinajstić information content (AvgIpc) is 2.65. The Kier molecular flexibility index (Phi) is 4.84. The normalized spacial score (nSPS) is 14.4. The minimum Gasteiger partial charge on any atom is -0.300 e. The third kappa shape index (κ3) is 3.87. The van der Waals surface area contributed by atoms with Crippen LogP contribution in [-0.2, 0) is 7.05 Å². The van der Waals surface area contributed by atoms with Crippen LogP contribution in [0.1, 0.15) is 20.3 Å². The highest BCUT2D eigenvalue weighted by Crippen LogP contribution is 2.20. The highest BCUT2D eigenvalue weighted by molar-refractivity contribution is 7.99. The zero-order valence-corrected chi connectivity index (χ0v) is 10.8. The summed E-state index contributed by atoms with van der Waals surface area (Å²) in [6.45, 7) is 4.78. The van der Waals surface area contributed by atoms with Gasteiger partial charge in [0.1, 0.15) is 5.54 Å². The lowest BCUT2D eigenvalue weighted by molar-refractivity contribution is 0.450. The molecule has 1 heterocycles. The van der Waals surface area contributed by atoms with Crippen LogP contribution in [0.3, 0.4) is 0 Å². The first-order valence-corrected chi connectivity index (χ1v) is 6.36. The van der Waals surface area contributed by atoms with Gasteiger partial charge in [0.05, 0.1) is 12.3 Å². The van der Waals surface area contributed by atoms with Crippen molar-refractivity contribution in [3.05, 3.63) is 12.4 Å². The molecular formula is C11H18N4S. The van der Waals surface area contributed by atoms with Crippen molar-refractivity contribution >= 4 is 11.8 Å². The topological polar surface area (TPSA) is 53.6 Å². The van der Waals surface area contributed by atoms with Gasteiger partial charge in [0.2, 0.25) is 0 Å². The van der Waals surface area contributed by atoms with Gasteiger partial charge in [-0.15, -0.1) is 11.8 Å². The Morgan fingerprint density at radius 1 is 1.69 bits per heavy atom. The van der Waals surface area contributed by atoms with Gasteiger partial charge >= 0.3 is 0 Å². The van der Waals surface area contributed by atoms with Crippen LogP contribution in [0.5, 0.6) is 0 Å². The number of hydrogen-bond acceptors (Lipinski definition) is 4. The van der Waals surface area contributed by atoms with Gasteiger partial charge in [-0.2, -0.15) is 10.4 Å². The molecule has 1 rings (SSSR count). The maximum Gasteiger partial charge on any atom is 0.104 e. The van der Waals surface area contributed by atoms with Crippen molar-refractivity contribution in [2.75, 3.05) is 12.3 Å². The maximum absolute atomic E-state index is 9.08. The molecule has 1 unspecified atom stereocenters. The fourth-order valence-corrected chi connectivity index (χ4v) is 2.52. The molecule has 1 atom stereocenters. The number of nitrogens with one attached hydrogen (secondary N) is 1. The van der Waals surface area contributed by atoms with Crippen molar-refractivity contribution in [2.24, 2.45) is 7.05 Å². The van der Waals surface area contributed by atoms with Crippen molar-refractivity contribution < 1.29 is 0 Å². The molecule has 0 spiro atoms. The number of thioether (sulfide) groups is 1. The Morgan fingerprint density at radius 3 is 2.94 bits per heavy atom. The van der Waals surface area contributed by atoms with E-state index in [1.54, 1.807) is 16.4 Å². The van der Waals surface area contributed by atoms with Crippen LogP contribution in [0.4, 0.5) is 0 Å². The quantitative estimate of drug-likeness (QED) is 0.768. The number of hydrogen-bond donors (Lipinski definition) is 1. The number of rotatable bonds is 6. The van der Waals surface area contributed by atoms with Crippen molar-refractivity contribution in [3.63, 3.8) is 0 Å². The third-order valence-corrected chi connectivity index (χ3v) is 3.32. The van der Waals surface area contributed by atoms with Crippen LogP contribution in [0.2, 0.25) is 0 Å². The summed E-state index contributed by atoms with van der Waals surface area (Å²) in [5.41, 5.74) is -0.413. The molecule has 0 aliphatic heterocycles. The van der Waals surface area contributed by atoms with Crippen molar-refractivity contribution in [1.29, 1.82) is 5.26 Å². The minimum absolute atomic E-state index is 0.413. The van der Waals surface area contributed by atoms with Gasteiger partial charge in [0, 0.05) is 23.9 Å². The van der Waals surface area contributed by atoms with Crippen molar-refractivity contribution in [3.8, 4) is 6.07 Å². The first-order chi connectivity index (χ1) is 7.59. The van der Waals surface area contributed by atoms with E-state index in [-0.39, 0.29) is 0 Å². The Labute approximate surface area is 101 Å². The second kappa shape index (κ2) is 5.92. The number of nitriles is 1. The lowest BCUT2D eigenvalue weighted by Gasteiger charge is -2.21. The fraction of sp³-hybridized carbons (Fsp3) is 0.636. The van der Waals surface area contributed by atoms with Gasteiger partial charge in [0.25, 0.3) is 0 Å². The minimum atomic E-state index is -0.413. The van der Waals surface area contributed by atoms with Crippen LogP contribution < -0.4 is 5.32 Å². The molecule has 0 bridgehead atoms. The zero-order chi connectivity index (χ0) is 12.0. The van der Waals surface area contributed by atoms with E-state index in [1.807, 2.05) is 33.3 Å². The number of aryl methyl sites for hydroxylation is 1. The van der Waals surface area contributed by atoms with E-state index in [1.165, 1.54) is 0 Å². The SMILES string of the molecule is CCNC(C)(C#N)CCSc1cnn(C)c1. The Bertz CT molecular complexity index is 368. The van der Waals surface area contributed by atoms with Gasteiger partial charge in [-0.05, 0) is 19.9 Å². The molecule has 0 aliphatic carbocycles. The third-order valence-electron chi connectivity index (χ3n) is 2.37. The summed E-state index contributed by atoms with van der Waals surface area (Å²) < 4.78 is 1.79. The van der Waals surface area contributed by atoms with Gasteiger partial charge in [-0.25, -0.2) is 0 Å². The molecule has 0 saturated heterocycles. The van der Waals surface area contributed by atoms with Crippen molar-refractivity contribution in [2.45, 2.75) is 30.7 Å². The molecule has 1 N–H and O–H groups in total. The lowest BCUT2D eigenvalue weighted by Crippen LogP contribution is -2.41. The van der Waals surface area contributed by atoms with E-state index >= 15 is 0 Å². The molecular weight excluding hydrogens is 220 g/mol. The molecule has 0 fully saturated rings. The number of nitrogens with zero attached hydrogens (tertiary/aromatic N) is 3. The molecule has 0 saturated carbocycles. The fourth-order valence-electron chi connectivity index (χ4n) is 1.42. The van der Waals surface area contributed by atoms with E-state index < -0.39 is 5.54 Å². The Balaban J connectivity index is 2.37. The summed E-state index contributed by atoms with van der Waals surface area (Å²) in [5, 5.41) is 16.4. The van der Waals surface area contributed by atoms with E-state index in [9.17, 15) is 0 Å². The highest BCUT2D eigenvalue weighted by atomic mass is 32.2. The van der Waals surface area contributed by atoms with Gasteiger partial charge in [-0.1, -0.05) is 6.92 Å². The van der Waals surface area contributed by atoms with Crippen LogP contribution in [-0.4, -0.2) is 27.6 Å². The van der Waals surface area contributed by atoms with Gasteiger partial charge in [-0.3, -0.25) is 10.00 Å². The van der Waals surface area contributed by atoms with Crippen LogP contribution in [0.15, 0.2) is 17.3 Å². The first-order valence-electron chi connectivity index (χ1n) is 5.37. The molecule has 1 aromatic rings. The van der Waals surface area contributed by atoms with E-state index in [0.717, 1.165) is 23.6 Å². The predicted molar refractivity (Wildman–Crippen MR) is 66.2 cm³/mol. The zero-order valence-electron chi connectivity index (χ0n) is 10.0. The Morgan fingerprint density at radius 2 is 2.44 bits per heavy atom. The Hall–Kier alpha value is -0.990. The summed E-state index contributed by atoms with van der Waals surface area (Å²) in [6, 6.07) is 2.33. The second-order valence-corrected chi connectivity index (χ2v) is 5.09. The van der Waals surface area contributed by atoms with Crippen LogP contribution in [0, 0.1) is 11.3 Å². The smallest absolute Gasteiger partial charge is 0.104 e. The second-order valence-electron chi connectivity index (χ2n) is 3.92. The highest BCUT2D eigenvalue weighted by Gasteiger charge is 2.21. The molecule has 16 heavy (non-hydrogen) atoms. The summed E-state index contributed by atoms with van der Waals surface area (Å²) in [4.78, 5) is 1.15. The molecule has 88 valence electrons. The molecule has 1 aromatic heterocycles. The summed E-state index contributed by atoms with van der Waals surface area (Å²) in [7, 11) is 1.90. The maximum atomic E-state index is 9.08. The van der Waals surface area contributed by atoms with E-state index in [4.69, 9.17) is 5.26 Å². The lowest BCUT2D eigenvalue weighted by atomic mass is 10.0. The average molecular weight is 238 g/mol. The van der Waals surface area contributed by atoms with E-state index in [0.29, 0.717) is 0 Å². The molecule has 4 nitrogen and oxygen atoms in total. The van der Waals surface area contributed by atoms with Crippen molar-refractivity contribution in [1.82, 2.24) is 15.1 Å². The summed E-state index contributed by atoms with van der Waals surface area (Å²) >= 11 is 1.73. The first kappa shape index (κ1) is 13.1. The van der Waals surface area contributed by atoms with Crippen LogP contribution in [0.25, 0.3) is 0 Å². The molecule has 0 amide bonds. The number of aromatic nitrogens is 2. The predicted octanol–water partition coefficient (Wildman–Crippen LogP) is 1.79. The monoisotopic (exact) mass is 238 g/mol. The molecule has 0 aliphatic rings.